The van der Waals surface area contributed by atoms with E-state index in [0.29, 0.717) is 12.0 Å². The Morgan fingerprint density at radius 3 is 2.25 bits per heavy atom. The van der Waals surface area contributed by atoms with E-state index in [2.05, 4.69) is 31.6 Å². The molecule has 44 heavy (non-hydrogen) atoms. The molecule has 3 atom stereocenters. The second kappa shape index (κ2) is 15.6. The fraction of sp³-hybridized carbons (Fsp3) is 0.414. The highest BCUT2D eigenvalue weighted by Crippen LogP contribution is 2.29. The average Bonchev–Trinajstić information content (AvgIpc) is 3.48. The molecular formula is C29H33BrF4N6O4. The maximum Gasteiger partial charge on any atom is 0.416 e. The summed E-state index contributed by atoms with van der Waals surface area (Å²) in [5, 5.41) is 5.19. The van der Waals surface area contributed by atoms with Crippen LogP contribution in [0.4, 0.5) is 17.6 Å². The van der Waals surface area contributed by atoms with Crippen LogP contribution in [0, 0.1) is 0 Å². The maximum atomic E-state index is 13.8. The number of carbonyl (C=O) groups is 4. The smallest absolute Gasteiger partial charge is 0.370 e. The summed E-state index contributed by atoms with van der Waals surface area (Å²) in [7, 11) is 0. The number of hydrogen-bond donors (Lipinski definition) is 4. The number of aliphatic imine (C=N–C) groups is 1. The first kappa shape index (κ1) is 34.5. The number of benzene rings is 2. The molecule has 1 aliphatic rings. The Hall–Kier alpha value is -4.01. The van der Waals surface area contributed by atoms with Crippen molar-refractivity contribution < 1.29 is 36.7 Å². The zero-order chi connectivity index (χ0) is 32.4. The number of rotatable bonds is 13. The van der Waals surface area contributed by atoms with Crippen molar-refractivity contribution in [2.24, 2.45) is 16.5 Å². The maximum absolute atomic E-state index is 13.8. The van der Waals surface area contributed by atoms with Gasteiger partial charge in [-0.3, -0.25) is 24.2 Å². The molecule has 0 spiro atoms. The molecule has 1 aliphatic heterocycles. The lowest BCUT2D eigenvalue weighted by Gasteiger charge is -2.30. The molecule has 15 heteroatoms. The van der Waals surface area contributed by atoms with Crippen LogP contribution in [-0.4, -0.2) is 72.3 Å². The van der Waals surface area contributed by atoms with E-state index in [0.717, 1.165) is 16.6 Å². The molecule has 3 amide bonds. The average molecular weight is 686 g/mol. The van der Waals surface area contributed by atoms with Crippen molar-refractivity contribution in [1.82, 2.24) is 15.5 Å². The minimum absolute atomic E-state index is 0.0612. The van der Waals surface area contributed by atoms with Gasteiger partial charge in [-0.25, -0.2) is 4.39 Å². The summed E-state index contributed by atoms with van der Waals surface area (Å²) in [4.78, 5) is 57.5. The third-order valence-electron chi connectivity index (χ3n) is 7.05. The minimum atomic E-state index is -4.55. The second-order valence-corrected chi connectivity index (χ2v) is 11.1. The van der Waals surface area contributed by atoms with Crippen molar-refractivity contribution in [2.75, 3.05) is 19.8 Å². The Morgan fingerprint density at radius 1 is 1.00 bits per heavy atom. The van der Waals surface area contributed by atoms with Crippen molar-refractivity contribution in [3.8, 4) is 0 Å². The predicted octanol–water partition coefficient (Wildman–Crippen LogP) is 2.88. The monoisotopic (exact) mass is 684 g/mol. The first-order valence-corrected chi connectivity index (χ1v) is 14.6. The molecule has 0 bridgehead atoms. The van der Waals surface area contributed by atoms with Crippen LogP contribution in [0.2, 0.25) is 0 Å². The molecular weight excluding hydrogens is 652 g/mol. The van der Waals surface area contributed by atoms with Gasteiger partial charge in [-0.1, -0.05) is 28.1 Å². The van der Waals surface area contributed by atoms with Crippen molar-refractivity contribution in [3.63, 3.8) is 0 Å². The van der Waals surface area contributed by atoms with E-state index in [1.807, 2.05) is 0 Å². The van der Waals surface area contributed by atoms with Gasteiger partial charge in [0.1, 0.15) is 18.8 Å². The molecule has 0 saturated carbocycles. The fourth-order valence-corrected chi connectivity index (χ4v) is 5.05. The summed E-state index contributed by atoms with van der Waals surface area (Å²) in [6, 6.07) is 7.11. The summed E-state index contributed by atoms with van der Waals surface area (Å²) < 4.78 is 53.2. The number of ketones is 1. The van der Waals surface area contributed by atoms with Gasteiger partial charge in [-0.2, -0.15) is 13.2 Å². The molecule has 0 aromatic heterocycles. The number of likely N-dealkylation sites (tertiary alicyclic amines) is 1. The Morgan fingerprint density at radius 2 is 1.66 bits per heavy atom. The van der Waals surface area contributed by atoms with Crippen LogP contribution in [-0.2, 0) is 27.0 Å². The normalized spacial score (nSPS) is 16.1. The quantitative estimate of drug-likeness (QED) is 0.110. The van der Waals surface area contributed by atoms with Crippen LogP contribution in [0.25, 0.3) is 0 Å². The van der Waals surface area contributed by atoms with Crippen LogP contribution in [0.1, 0.15) is 47.2 Å². The lowest BCUT2D eigenvalue weighted by atomic mass is 10.0. The summed E-state index contributed by atoms with van der Waals surface area (Å²) in [5.41, 5.74) is 10.3. The molecule has 0 aliphatic carbocycles. The van der Waals surface area contributed by atoms with Gasteiger partial charge in [0.25, 0.3) is 5.91 Å². The Labute approximate surface area is 259 Å². The molecule has 238 valence electrons. The van der Waals surface area contributed by atoms with Crippen LogP contribution >= 0.6 is 15.9 Å². The van der Waals surface area contributed by atoms with Crippen LogP contribution in [0.5, 0.6) is 0 Å². The lowest BCUT2D eigenvalue weighted by molar-refractivity contribution is -0.140. The number of nitrogens with two attached hydrogens (primary N) is 2. The topological polar surface area (TPSA) is 160 Å². The van der Waals surface area contributed by atoms with Crippen molar-refractivity contribution >= 4 is 45.4 Å². The van der Waals surface area contributed by atoms with Gasteiger partial charge in [0.2, 0.25) is 11.8 Å². The highest BCUT2D eigenvalue weighted by Gasteiger charge is 2.39. The molecule has 0 radical (unpaired) electrons. The summed E-state index contributed by atoms with van der Waals surface area (Å²) in [5.74, 6) is -2.90. The van der Waals surface area contributed by atoms with Gasteiger partial charge in [0.05, 0.1) is 11.6 Å². The summed E-state index contributed by atoms with van der Waals surface area (Å²) >= 11 is 3.28. The first-order chi connectivity index (χ1) is 20.8. The SMILES string of the molecule is NC(N)=NCCCC(NC(=O)C1CCCN1C(=O)C(Cc1ccc(C(F)(F)F)cc1)NC(=O)c1ccc(Br)cc1)C(=O)CF. The number of halogens is 5. The van der Waals surface area contributed by atoms with Crippen molar-refractivity contribution in [3.05, 3.63) is 69.7 Å². The third-order valence-corrected chi connectivity index (χ3v) is 7.58. The molecule has 1 fully saturated rings. The number of alkyl halides is 4. The van der Waals surface area contributed by atoms with E-state index in [9.17, 15) is 36.7 Å². The molecule has 1 heterocycles. The summed E-state index contributed by atoms with van der Waals surface area (Å²) in [6.45, 7) is -0.995. The number of hydrogen-bond acceptors (Lipinski definition) is 5. The molecule has 2 aromatic carbocycles. The Kier molecular flexibility index (Phi) is 12.3. The van der Waals surface area contributed by atoms with E-state index in [1.165, 1.54) is 29.2 Å². The van der Waals surface area contributed by atoms with Gasteiger partial charge in [-0.05, 0) is 67.6 Å². The second-order valence-electron chi connectivity index (χ2n) is 10.2. The number of carbonyl (C=O) groups excluding carboxylic acids is 4. The van der Waals surface area contributed by atoms with Gasteiger partial charge in [0.15, 0.2) is 11.7 Å². The standard InChI is InChI=1S/C29H33BrF4N6O4/c30-20-11-7-18(8-12-20)25(42)39-22(15-17-5-9-19(10-6-17)29(32,33)34)27(44)40-14-2-4-23(40)26(43)38-21(24(41)16-31)3-1-13-37-28(35)36/h5-12,21-23H,1-4,13-16H2,(H,38,43)(H,39,42)(H4,35,36,37). The van der Waals surface area contributed by atoms with Crippen LogP contribution in [0.3, 0.4) is 0 Å². The van der Waals surface area contributed by atoms with Gasteiger partial charge < -0.3 is 27.0 Å². The number of amides is 3. The summed E-state index contributed by atoms with van der Waals surface area (Å²) in [6.07, 6.45) is -3.69. The van der Waals surface area contributed by atoms with E-state index in [1.54, 1.807) is 12.1 Å². The number of Topliss-reactive ketones (excluding diaryl/α,β-unsaturated/α-hetero) is 1. The van der Waals surface area contributed by atoms with E-state index in [-0.39, 0.29) is 50.3 Å². The molecule has 1 saturated heterocycles. The fourth-order valence-electron chi connectivity index (χ4n) is 4.79. The highest BCUT2D eigenvalue weighted by molar-refractivity contribution is 9.10. The zero-order valence-corrected chi connectivity index (χ0v) is 25.2. The number of guanidine groups is 1. The van der Waals surface area contributed by atoms with E-state index in [4.69, 9.17) is 11.5 Å². The first-order valence-electron chi connectivity index (χ1n) is 13.8. The molecule has 10 nitrogen and oxygen atoms in total. The third kappa shape index (κ3) is 9.76. The van der Waals surface area contributed by atoms with Gasteiger partial charge >= 0.3 is 6.18 Å². The lowest BCUT2D eigenvalue weighted by Crippen LogP contribution is -2.56. The minimum Gasteiger partial charge on any atom is -0.370 e. The van der Waals surface area contributed by atoms with E-state index >= 15 is 0 Å². The van der Waals surface area contributed by atoms with Crippen LogP contribution in [0.15, 0.2) is 58.0 Å². The number of nitrogens with one attached hydrogen (secondary N) is 2. The molecule has 3 unspecified atom stereocenters. The van der Waals surface area contributed by atoms with Crippen molar-refractivity contribution in [1.29, 1.82) is 0 Å². The zero-order valence-electron chi connectivity index (χ0n) is 23.6. The number of nitrogens with zero attached hydrogens (tertiary/aromatic N) is 2. The van der Waals surface area contributed by atoms with Gasteiger partial charge in [0, 0.05) is 29.5 Å². The Balaban J connectivity index is 1.81. The molecule has 3 rings (SSSR count). The van der Waals surface area contributed by atoms with Crippen LogP contribution < -0.4 is 22.1 Å². The van der Waals surface area contributed by atoms with E-state index < -0.39 is 60.0 Å². The predicted molar refractivity (Wildman–Crippen MR) is 158 cm³/mol. The highest BCUT2D eigenvalue weighted by atomic mass is 79.9. The molecule has 6 N–H and O–H groups in total. The Bertz CT molecular complexity index is 1350. The largest absolute Gasteiger partial charge is 0.416 e. The van der Waals surface area contributed by atoms with Crippen molar-refractivity contribution in [2.45, 2.75) is 56.4 Å². The molecule has 2 aromatic rings. The van der Waals surface area contributed by atoms with Gasteiger partial charge in [-0.15, -0.1) is 0 Å².